The molecule has 1 saturated heterocycles. The number of rotatable bonds is 2. The van der Waals surface area contributed by atoms with Gasteiger partial charge in [-0.1, -0.05) is 0 Å². The molecule has 0 aromatic rings. The molecule has 1 fully saturated rings. The van der Waals surface area contributed by atoms with Crippen LogP contribution >= 0.6 is 0 Å². The Bertz CT molecular complexity index is 291. The van der Waals surface area contributed by atoms with E-state index in [9.17, 15) is 9.59 Å². The summed E-state index contributed by atoms with van der Waals surface area (Å²) in [6.07, 6.45) is 0. The van der Waals surface area contributed by atoms with Crippen molar-refractivity contribution < 1.29 is 19.4 Å². The predicted octanol–water partition coefficient (Wildman–Crippen LogP) is 0.280. The van der Waals surface area contributed by atoms with Crippen LogP contribution in [0.3, 0.4) is 0 Å². The molecule has 0 aromatic carbocycles. The predicted molar refractivity (Wildman–Crippen MR) is 57.2 cm³/mol. The standard InChI is InChI=1S/C10H18N2O4/c1-7(8(13)14)11-9(15)12-4-5-16-10(2,3)6-12/h7H,4-6H2,1-3H3,(H,11,15)(H,13,14)/t7-/m1/s1. The van der Waals surface area contributed by atoms with Gasteiger partial charge in [0.1, 0.15) is 6.04 Å². The van der Waals surface area contributed by atoms with Crippen LogP contribution in [-0.2, 0) is 9.53 Å². The third-order valence-electron chi connectivity index (χ3n) is 2.42. The molecule has 2 N–H and O–H groups in total. The molecule has 0 unspecified atom stereocenters. The molecule has 0 aliphatic carbocycles. The first-order valence-corrected chi connectivity index (χ1v) is 5.24. The van der Waals surface area contributed by atoms with Gasteiger partial charge in [-0.3, -0.25) is 4.79 Å². The number of carbonyl (C=O) groups excluding carboxylic acids is 1. The number of carboxylic acids is 1. The zero-order chi connectivity index (χ0) is 12.3. The summed E-state index contributed by atoms with van der Waals surface area (Å²) < 4.78 is 5.46. The van der Waals surface area contributed by atoms with Crippen molar-refractivity contribution in [3.05, 3.63) is 0 Å². The highest BCUT2D eigenvalue weighted by Gasteiger charge is 2.30. The van der Waals surface area contributed by atoms with Crippen molar-refractivity contribution >= 4 is 12.0 Å². The van der Waals surface area contributed by atoms with Gasteiger partial charge in [0.25, 0.3) is 0 Å². The Morgan fingerprint density at radius 3 is 2.62 bits per heavy atom. The molecule has 6 heteroatoms. The van der Waals surface area contributed by atoms with Crippen LogP contribution in [0.4, 0.5) is 4.79 Å². The van der Waals surface area contributed by atoms with Crippen molar-refractivity contribution in [2.24, 2.45) is 0 Å². The first kappa shape index (κ1) is 12.8. The molecule has 1 atom stereocenters. The normalized spacial score (nSPS) is 21.3. The maximum absolute atomic E-state index is 11.7. The van der Waals surface area contributed by atoms with E-state index >= 15 is 0 Å². The van der Waals surface area contributed by atoms with E-state index in [4.69, 9.17) is 9.84 Å². The lowest BCUT2D eigenvalue weighted by atomic mass is 10.1. The van der Waals surface area contributed by atoms with Gasteiger partial charge in [-0.25, -0.2) is 4.79 Å². The molecule has 2 amide bonds. The van der Waals surface area contributed by atoms with Gasteiger partial charge in [0, 0.05) is 6.54 Å². The number of morpholine rings is 1. The number of hydrogen-bond acceptors (Lipinski definition) is 3. The van der Waals surface area contributed by atoms with Crippen LogP contribution in [0, 0.1) is 0 Å². The molecule has 92 valence electrons. The summed E-state index contributed by atoms with van der Waals surface area (Å²) in [5.41, 5.74) is -0.373. The molecule has 0 spiro atoms. The second-order valence-electron chi connectivity index (χ2n) is 4.54. The summed E-state index contributed by atoms with van der Waals surface area (Å²) in [5, 5.41) is 11.1. The Balaban J connectivity index is 2.51. The summed E-state index contributed by atoms with van der Waals surface area (Å²) in [4.78, 5) is 23.9. The Morgan fingerprint density at radius 2 is 2.12 bits per heavy atom. The number of carboxylic acid groups (broad SMARTS) is 1. The Morgan fingerprint density at radius 1 is 1.50 bits per heavy atom. The van der Waals surface area contributed by atoms with E-state index in [-0.39, 0.29) is 11.6 Å². The zero-order valence-electron chi connectivity index (χ0n) is 9.82. The monoisotopic (exact) mass is 230 g/mol. The van der Waals surface area contributed by atoms with E-state index in [1.165, 1.54) is 6.92 Å². The van der Waals surface area contributed by atoms with Crippen LogP contribution in [-0.4, -0.2) is 53.3 Å². The molecule has 0 aromatic heterocycles. The quantitative estimate of drug-likeness (QED) is 0.714. The van der Waals surface area contributed by atoms with Crippen molar-refractivity contribution in [1.82, 2.24) is 10.2 Å². The Kier molecular flexibility index (Phi) is 3.74. The SMILES string of the molecule is C[C@@H](NC(=O)N1CCOC(C)(C)C1)C(=O)O. The molecule has 1 aliphatic rings. The topological polar surface area (TPSA) is 78.9 Å². The summed E-state index contributed by atoms with van der Waals surface area (Å²) in [6.45, 7) is 6.65. The lowest BCUT2D eigenvalue weighted by Gasteiger charge is -2.38. The number of urea groups is 1. The van der Waals surface area contributed by atoms with Gasteiger partial charge < -0.3 is 20.1 Å². The molecule has 1 heterocycles. The Hall–Kier alpha value is -1.30. The fourth-order valence-electron chi connectivity index (χ4n) is 1.53. The van der Waals surface area contributed by atoms with Gasteiger partial charge in [-0.05, 0) is 20.8 Å². The van der Waals surface area contributed by atoms with Crippen LogP contribution in [0.25, 0.3) is 0 Å². The Labute approximate surface area is 94.6 Å². The van der Waals surface area contributed by atoms with Crippen LogP contribution in [0.15, 0.2) is 0 Å². The van der Waals surface area contributed by atoms with Crippen LogP contribution in [0.1, 0.15) is 20.8 Å². The lowest BCUT2D eigenvalue weighted by Crippen LogP contribution is -2.55. The largest absolute Gasteiger partial charge is 0.480 e. The average molecular weight is 230 g/mol. The van der Waals surface area contributed by atoms with E-state index in [1.807, 2.05) is 13.8 Å². The molecule has 1 rings (SSSR count). The number of nitrogens with zero attached hydrogens (tertiary/aromatic N) is 1. The number of carbonyl (C=O) groups is 2. The van der Waals surface area contributed by atoms with Crippen LogP contribution in [0.2, 0.25) is 0 Å². The molecule has 0 saturated carbocycles. The van der Waals surface area contributed by atoms with E-state index in [2.05, 4.69) is 5.32 Å². The zero-order valence-corrected chi connectivity index (χ0v) is 9.82. The summed E-state index contributed by atoms with van der Waals surface area (Å²) in [5.74, 6) is -1.04. The van der Waals surface area contributed by atoms with Gasteiger partial charge in [-0.2, -0.15) is 0 Å². The van der Waals surface area contributed by atoms with Crippen LogP contribution < -0.4 is 5.32 Å². The average Bonchev–Trinajstić information content (AvgIpc) is 2.15. The number of hydrogen-bond donors (Lipinski definition) is 2. The smallest absolute Gasteiger partial charge is 0.325 e. The fourth-order valence-corrected chi connectivity index (χ4v) is 1.53. The fraction of sp³-hybridized carbons (Fsp3) is 0.800. The molecule has 16 heavy (non-hydrogen) atoms. The maximum atomic E-state index is 11.7. The first-order chi connectivity index (χ1) is 7.32. The summed E-state index contributed by atoms with van der Waals surface area (Å²) in [6, 6.07) is -1.23. The number of ether oxygens (including phenoxy) is 1. The van der Waals surface area contributed by atoms with Gasteiger partial charge in [-0.15, -0.1) is 0 Å². The molecule has 6 nitrogen and oxygen atoms in total. The lowest BCUT2D eigenvalue weighted by molar-refractivity contribution is -0.138. The molecule has 1 aliphatic heterocycles. The highest BCUT2D eigenvalue weighted by molar-refractivity contribution is 5.82. The third kappa shape index (κ3) is 3.37. The van der Waals surface area contributed by atoms with E-state index in [0.717, 1.165) is 0 Å². The molecule has 0 radical (unpaired) electrons. The molecular weight excluding hydrogens is 212 g/mol. The van der Waals surface area contributed by atoms with Crippen molar-refractivity contribution in [2.45, 2.75) is 32.4 Å². The molecular formula is C10H18N2O4. The second-order valence-corrected chi connectivity index (χ2v) is 4.54. The van der Waals surface area contributed by atoms with E-state index < -0.39 is 12.0 Å². The highest BCUT2D eigenvalue weighted by Crippen LogP contribution is 2.16. The first-order valence-electron chi connectivity index (χ1n) is 5.24. The highest BCUT2D eigenvalue weighted by atomic mass is 16.5. The number of nitrogens with one attached hydrogen (secondary N) is 1. The minimum atomic E-state index is -1.04. The third-order valence-corrected chi connectivity index (χ3v) is 2.42. The minimum Gasteiger partial charge on any atom is -0.480 e. The van der Waals surface area contributed by atoms with Crippen molar-refractivity contribution in [3.63, 3.8) is 0 Å². The van der Waals surface area contributed by atoms with Gasteiger partial charge in [0.2, 0.25) is 0 Å². The second kappa shape index (κ2) is 4.69. The molecule has 0 bridgehead atoms. The van der Waals surface area contributed by atoms with Crippen LogP contribution in [0.5, 0.6) is 0 Å². The van der Waals surface area contributed by atoms with Gasteiger partial charge in [0.15, 0.2) is 0 Å². The summed E-state index contributed by atoms with van der Waals surface area (Å²) in [7, 11) is 0. The van der Waals surface area contributed by atoms with E-state index in [1.54, 1.807) is 4.90 Å². The van der Waals surface area contributed by atoms with Gasteiger partial charge in [0.05, 0.1) is 18.8 Å². The minimum absolute atomic E-state index is 0.355. The van der Waals surface area contributed by atoms with Crippen molar-refractivity contribution in [3.8, 4) is 0 Å². The van der Waals surface area contributed by atoms with E-state index in [0.29, 0.717) is 19.7 Å². The number of amides is 2. The summed E-state index contributed by atoms with van der Waals surface area (Å²) >= 11 is 0. The van der Waals surface area contributed by atoms with Crippen molar-refractivity contribution in [1.29, 1.82) is 0 Å². The number of aliphatic carboxylic acids is 1. The maximum Gasteiger partial charge on any atom is 0.325 e. The van der Waals surface area contributed by atoms with Gasteiger partial charge >= 0.3 is 12.0 Å². The van der Waals surface area contributed by atoms with Crippen molar-refractivity contribution in [2.75, 3.05) is 19.7 Å².